The molecule has 9 nitrogen and oxygen atoms in total. The second kappa shape index (κ2) is 13.7. The number of ether oxygens (including phenoxy) is 2. The number of fused-ring (bicyclic) bond motifs is 1. The molecule has 0 bridgehead atoms. The lowest BCUT2D eigenvalue weighted by atomic mass is 10.2. The molecule has 0 saturated heterocycles. The molecular formula is C27H35N3O6S2. The third kappa shape index (κ3) is 6.89. The number of hydrogen-bond donors (Lipinski definition) is 0. The largest absolute Gasteiger partial charge is 0.495 e. The lowest BCUT2D eigenvalue weighted by molar-refractivity contribution is -0.143. The van der Waals surface area contributed by atoms with E-state index >= 15 is 0 Å². The summed E-state index contributed by atoms with van der Waals surface area (Å²) in [6, 6.07) is 11.3. The number of rotatable bonds is 13. The molecule has 11 heteroatoms. The molecule has 206 valence electrons. The van der Waals surface area contributed by atoms with Crippen molar-refractivity contribution in [2.24, 2.45) is 4.99 Å². The summed E-state index contributed by atoms with van der Waals surface area (Å²) in [7, 11) is -2.14. The molecule has 0 unspecified atom stereocenters. The van der Waals surface area contributed by atoms with Crippen molar-refractivity contribution >= 4 is 43.5 Å². The number of methoxy groups -OCH3 is 1. The lowest BCUT2D eigenvalue weighted by Crippen LogP contribution is -2.33. The molecular weight excluding hydrogens is 526 g/mol. The van der Waals surface area contributed by atoms with Gasteiger partial charge in [0, 0.05) is 18.7 Å². The van der Waals surface area contributed by atoms with Crippen LogP contribution in [0, 0.1) is 0 Å². The average molecular weight is 562 g/mol. The number of thiazole rings is 1. The molecule has 38 heavy (non-hydrogen) atoms. The molecule has 0 aliphatic carbocycles. The van der Waals surface area contributed by atoms with Crippen LogP contribution in [0.2, 0.25) is 0 Å². The van der Waals surface area contributed by atoms with Crippen LogP contribution in [-0.2, 0) is 26.1 Å². The van der Waals surface area contributed by atoms with Gasteiger partial charge in [-0.1, -0.05) is 44.1 Å². The number of benzene rings is 2. The van der Waals surface area contributed by atoms with Crippen molar-refractivity contribution in [3.63, 3.8) is 0 Å². The fourth-order valence-electron chi connectivity index (χ4n) is 3.92. The number of carbonyl (C=O) groups excluding carboxylic acids is 2. The summed E-state index contributed by atoms with van der Waals surface area (Å²) in [6.07, 6.45) is 3.36. The lowest BCUT2D eigenvalue weighted by Gasteiger charge is -2.22. The molecule has 0 aliphatic heterocycles. The predicted molar refractivity (Wildman–Crippen MR) is 148 cm³/mol. The SMILES string of the molecule is CCCCN(CCCC)S(=O)(=O)c1ccc(C(=O)N=c2sc3cccc(OC)c3n2CC(=O)OCC)cc1. The van der Waals surface area contributed by atoms with Crippen LogP contribution in [0.1, 0.15) is 56.8 Å². The summed E-state index contributed by atoms with van der Waals surface area (Å²) < 4.78 is 41.0. The number of esters is 1. The Kier molecular flexibility index (Phi) is 10.6. The molecule has 0 atom stereocenters. The van der Waals surface area contributed by atoms with Gasteiger partial charge in [0.25, 0.3) is 5.91 Å². The van der Waals surface area contributed by atoms with Crippen molar-refractivity contribution in [2.45, 2.75) is 57.9 Å². The van der Waals surface area contributed by atoms with Crippen molar-refractivity contribution in [3.8, 4) is 5.75 Å². The fraction of sp³-hybridized carbons (Fsp3) is 0.444. The number of aromatic nitrogens is 1. The summed E-state index contributed by atoms with van der Waals surface area (Å²) >= 11 is 1.25. The van der Waals surface area contributed by atoms with Crippen LogP contribution in [0.4, 0.5) is 0 Å². The minimum atomic E-state index is -3.67. The Hall–Kier alpha value is -3.02. The third-order valence-electron chi connectivity index (χ3n) is 5.93. The van der Waals surface area contributed by atoms with E-state index in [9.17, 15) is 18.0 Å². The van der Waals surface area contributed by atoms with Crippen molar-refractivity contribution in [1.29, 1.82) is 0 Å². The smallest absolute Gasteiger partial charge is 0.326 e. The van der Waals surface area contributed by atoms with Gasteiger partial charge in [-0.25, -0.2) is 8.42 Å². The first kappa shape index (κ1) is 29.5. The van der Waals surface area contributed by atoms with Gasteiger partial charge in [0.1, 0.15) is 17.8 Å². The van der Waals surface area contributed by atoms with Gasteiger partial charge in [-0.3, -0.25) is 9.59 Å². The summed E-state index contributed by atoms with van der Waals surface area (Å²) in [4.78, 5) is 30.2. The third-order valence-corrected chi connectivity index (χ3v) is 8.89. The maximum atomic E-state index is 13.2. The summed E-state index contributed by atoms with van der Waals surface area (Å²) in [5.74, 6) is -0.467. The highest BCUT2D eigenvalue weighted by Crippen LogP contribution is 2.27. The highest BCUT2D eigenvalue weighted by Gasteiger charge is 2.24. The molecule has 0 aliphatic rings. The van der Waals surface area contributed by atoms with E-state index in [-0.39, 0.29) is 23.6 Å². The highest BCUT2D eigenvalue weighted by molar-refractivity contribution is 7.89. The zero-order valence-electron chi connectivity index (χ0n) is 22.3. The fourth-order valence-corrected chi connectivity index (χ4v) is 6.48. The van der Waals surface area contributed by atoms with E-state index in [1.54, 1.807) is 17.6 Å². The normalized spacial score (nSPS) is 12.3. The topological polar surface area (TPSA) is 107 Å². The van der Waals surface area contributed by atoms with Gasteiger partial charge in [-0.05, 0) is 56.2 Å². The molecule has 0 radical (unpaired) electrons. The standard InChI is InChI=1S/C27H35N3O6S2/c1-5-8-17-29(18-9-6-2)38(33,34)21-15-13-20(14-16-21)26(32)28-27-30(19-24(31)36-7-3)25-22(35-4)11-10-12-23(25)37-27/h10-16H,5-9,17-19H2,1-4H3. The Labute approximate surface area is 227 Å². The van der Waals surface area contributed by atoms with Crippen molar-refractivity contribution in [3.05, 3.63) is 52.8 Å². The minimum absolute atomic E-state index is 0.136. The quantitative estimate of drug-likeness (QED) is 0.282. The first-order valence-electron chi connectivity index (χ1n) is 12.8. The second-order valence-corrected chi connectivity index (χ2v) is 11.6. The first-order valence-corrected chi connectivity index (χ1v) is 15.0. The average Bonchev–Trinajstić information content (AvgIpc) is 3.25. The molecule has 3 aromatic rings. The monoisotopic (exact) mass is 561 g/mol. The van der Waals surface area contributed by atoms with E-state index in [1.807, 2.05) is 26.0 Å². The number of amides is 1. The van der Waals surface area contributed by atoms with E-state index in [0.29, 0.717) is 29.2 Å². The molecule has 1 aromatic heterocycles. The Balaban J connectivity index is 1.97. The zero-order chi connectivity index (χ0) is 27.7. The van der Waals surface area contributed by atoms with Gasteiger partial charge < -0.3 is 14.0 Å². The van der Waals surface area contributed by atoms with Gasteiger partial charge in [0.2, 0.25) is 10.0 Å². The van der Waals surface area contributed by atoms with Crippen molar-refractivity contribution in [1.82, 2.24) is 8.87 Å². The minimum Gasteiger partial charge on any atom is -0.495 e. The van der Waals surface area contributed by atoms with Gasteiger partial charge in [0.15, 0.2) is 4.80 Å². The Morgan fingerprint density at radius 2 is 1.66 bits per heavy atom. The highest BCUT2D eigenvalue weighted by atomic mass is 32.2. The van der Waals surface area contributed by atoms with Crippen LogP contribution in [0.3, 0.4) is 0 Å². The second-order valence-electron chi connectivity index (χ2n) is 8.64. The molecule has 0 spiro atoms. The van der Waals surface area contributed by atoms with Gasteiger partial charge in [-0.15, -0.1) is 0 Å². The number of hydrogen-bond acceptors (Lipinski definition) is 7. The number of para-hydroxylation sites is 1. The van der Waals surface area contributed by atoms with Crippen LogP contribution in [0.25, 0.3) is 10.2 Å². The Morgan fingerprint density at radius 3 is 2.24 bits per heavy atom. The summed E-state index contributed by atoms with van der Waals surface area (Å²) in [6.45, 7) is 6.79. The summed E-state index contributed by atoms with van der Waals surface area (Å²) in [5.41, 5.74) is 0.880. The molecule has 0 saturated carbocycles. The maximum absolute atomic E-state index is 13.2. The van der Waals surface area contributed by atoms with E-state index in [4.69, 9.17) is 9.47 Å². The maximum Gasteiger partial charge on any atom is 0.326 e. The zero-order valence-corrected chi connectivity index (χ0v) is 23.9. The van der Waals surface area contributed by atoms with Gasteiger partial charge in [0.05, 0.1) is 23.3 Å². The first-order chi connectivity index (χ1) is 18.3. The summed E-state index contributed by atoms with van der Waals surface area (Å²) in [5, 5.41) is 0. The van der Waals surface area contributed by atoms with Crippen LogP contribution in [-0.4, -0.2) is 56.0 Å². The van der Waals surface area contributed by atoms with Crippen molar-refractivity contribution in [2.75, 3.05) is 26.8 Å². The Morgan fingerprint density at radius 1 is 1.00 bits per heavy atom. The van der Waals surface area contributed by atoms with Crippen LogP contribution < -0.4 is 9.54 Å². The molecule has 0 N–H and O–H groups in total. The molecule has 3 rings (SSSR count). The van der Waals surface area contributed by atoms with Gasteiger partial charge in [-0.2, -0.15) is 9.30 Å². The predicted octanol–water partition coefficient (Wildman–Crippen LogP) is 4.61. The van der Waals surface area contributed by atoms with E-state index in [2.05, 4.69) is 4.99 Å². The molecule has 0 fully saturated rings. The van der Waals surface area contributed by atoms with Crippen LogP contribution in [0.15, 0.2) is 52.4 Å². The van der Waals surface area contributed by atoms with Crippen molar-refractivity contribution < 1.29 is 27.5 Å². The van der Waals surface area contributed by atoms with E-state index in [1.165, 1.54) is 47.0 Å². The number of carbonyl (C=O) groups is 2. The molecule has 1 amide bonds. The van der Waals surface area contributed by atoms with Crippen LogP contribution in [0.5, 0.6) is 5.75 Å². The van der Waals surface area contributed by atoms with Gasteiger partial charge >= 0.3 is 5.97 Å². The molecule has 1 heterocycles. The number of unbranched alkanes of at least 4 members (excludes halogenated alkanes) is 2. The number of sulfonamides is 1. The Bertz CT molecular complexity index is 1420. The molecule has 2 aromatic carbocycles. The number of nitrogens with zero attached hydrogens (tertiary/aromatic N) is 3. The van der Waals surface area contributed by atoms with E-state index < -0.39 is 21.9 Å². The van der Waals surface area contributed by atoms with E-state index in [0.717, 1.165) is 30.4 Å². The van der Waals surface area contributed by atoms with Crippen LogP contribution >= 0.6 is 11.3 Å².